The molecule has 82 valence electrons. The second-order valence-electron chi connectivity index (χ2n) is 3.31. The topological polar surface area (TPSA) is 25.8 Å². The minimum Gasteiger partial charge on any atom is -0.237 e. The summed E-state index contributed by atoms with van der Waals surface area (Å²) in [6.07, 6.45) is 4.18. The zero-order chi connectivity index (χ0) is 11.5. The van der Waals surface area contributed by atoms with Crippen LogP contribution in [0.2, 0.25) is 10.0 Å². The van der Waals surface area contributed by atoms with Crippen LogP contribution in [0.3, 0.4) is 0 Å². The Balaban J connectivity index is 2.59. The highest BCUT2D eigenvalue weighted by molar-refractivity contribution is 6.37. The average Bonchev–Trinajstić information content (AvgIpc) is 2.31. The molecule has 2 nitrogen and oxygen atoms in total. The Labute approximate surface area is 104 Å². The molecule has 0 fully saturated rings. The highest BCUT2D eigenvalue weighted by atomic mass is 35.5. The summed E-state index contributed by atoms with van der Waals surface area (Å²) in [7, 11) is 0. The number of aromatic nitrogens is 2. The molecule has 16 heavy (non-hydrogen) atoms. The van der Waals surface area contributed by atoms with Crippen molar-refractivity contribution in [3.63, 3.8) is 0 Å². The molecule has 0 N–H and O–H groups in total. The fourth-order valence-electron chi connectivity index (χ4n) is 1.53. The lowest BCUT2D eigenvalue weighted by Crippen LogP contribution is -1.92. The van der Waals surface area contributed by atoms with Crippen LogP contribution in [-0.2, 0) is 6.42 Å². The SMILES string of the molecule is CCc1c(Cl)ccc(-c2ncccn2)c1Cl. The summed E-state index contributed by atoms with van der Waals surface area (Å²) >= 11 is 12.3. The normalized spacial score (nSPS) is 10.4. The molecule has 0 atom stereocenters. The zero-order valence-corrected chi connectivity index (χ0v) is 10.3. The van der Waals surface area contributed by atoms with Crippen LogP contribution in [0.1, 0.15) is 12.5 Å². The van der Waals surface area contributed by atoms with Crippen LogP contribution in [-0.4, -0.2) is 9.97 Å². The molecule has 1 heterocycles. The quantitative estimate of drug-likeness (QED) is 0.807. The van der Waals surface area contributed by atoms with Gasteiger partial charge in [0.05, 0.1) is 5.02 Å². The van der Waals surface area contributed by atoms with Gasteiger partial charge in [-0.3, -0.25) is 0 Å². The lowest BCUT2D eigenvalue weighted by atomic mass is 10.1. The number of rotatable bonds is 2. The van der Waals surface area contributed by atoms with Gasteiger partial charge in [-0.2, -0.15) is 0 Å². The summed E-state index contributed by atoms with van der Waals surface area (Å²) in [5.41, 5.74) is 1.76. The van der Waals surface area contributed by atoms with Crippen molar-refractivity contribution in [3.8, 4) is 11.4 Å². The Morgan fingerprint density at radius 2 is 1.81 bits per heavy atom. The van der Waals surface area contributed by atoms with Crippen LogP contribution in [0, 0.1) is 0 Å². The lowest BCUT2D eigenvalue weighted by molar-refractivity contribution is 1.13. The van der Waals surface area contributed by atoms with E-state index in [-0.39, 0.29) is 0 Å². The zero-order valence-electron chi connectivity index (χ0n) is 8.74. The fraction of sp³-hybridized carbons (Fsp3) is 0.167. The summed E-state index contributed by atoms with van der Waals surface area (Å²) < 4.78 is 0. The molecule has 0 amide bonds. The Kier molecular flexibility index (Phi) is 3.42. The van der Waals surface area contributed by atoms with Gasteiger partial charge >= 0.3 is 0 Å². The van der Waals surface area contributed by atoms with Crippen LogP contribution >= 0.6 is 23.2 Å². The monoisotopic (exact) mass is 252 g/mol. The largest absolute Gasteiger partial charge is 0.237 e. The molecule has 0 aliphatic rings. The first-order valence-electron chi connectivity index (χ1n) is 4.98. The molecule has 0 bridgehead atoms. The molecule has 4 heteroatoms. The lowest BCUT2D eigenvalue weighted by Gasteiger charge is -2.08. The number of nitrogens with zero attached hydrogens (tertiary/aromatic N) is 2. The van der Waals surface area contributed by atoms with Crippen molar-refractivity contribution in [1.29, 1.82) is 0 Å². The standard InChI is InChI=1S/C12H10Cl2N2/c1-2-8-10(13)5-4-9(11(8)14)12-15-6-3-7-16-12/h3-7H,2H2,1H3. The molecule has 0 aliphatic carbocycles. The van der Waals surface area contributed by atoms with Gasteiger partial charge in [-0.25, -0.2) is 9.97 Å². The van der Waals surface area contributed by atoms with E-state index >= 15 is 0 Å². The number of hydrogen-bond acceptors (Lipinski definition) is 2. The van der Waals surface area contributed by atoms with Crippen molar-refractivity contribution in [2.45, 2.75) is 13.3 Å². The van der Waals surface area contributed by atoms with Gasteiger partial charge < -0.3 is 0 Å². The molecule has 1 aromatic carbocycles. The van der Waals surface area contributed by atoms with E-state index < -0.39 is 0 Å². The average molecular weight is 253 g/mol. The van der Waals surface area contributed by atoms with Crippen LogP contribution in [0.5, 0.6) is 0 Å². The molecule has 0 saturated carbocycles. The van der Waals surface area contributed by atoms with Crippen LogP contribution in [0.4, 0.5) is 0 Å². The van der Waals surface area contributed by atoms with Crippen molar-refractivity contribution in [2.75, 3.05) is 0 Å². The van der Waals surface area contributed by atoms with Crippen molar-refractivity contribution in [1.82, 2.24) is 9.97 Å². The molecule has 2 aromatic rings. The van der Waals surface area contributed by atoms with Gasteiger partial charge in [-0.15, -0.1) is 0 Å². The fourth-order valence-corrected chi connectivity index (χ4v) is 2.26. The van der Waals surface area contributed by atoms with E-state index in [1.807, 2.05) is 19.1 Å². The Hall–Kier alpha value is -1.12. The summed E-state index contributed by atoms with van der Waals surface area (Å²) in [5, 5.41) is 1.33. The molecule has 0 saturated heterocycles. The molecule has 0 unspecified atom stereocenters. The predicted octanol–water partition coefficient (Wildman–Crippen LogP) is 4.01. The third-order valence-corrected chi connectivity index (χ3v) is 3.13. The van der Waals surface area contributed by atoms with E-state index in [0.29, 0.717) is 15.9 Å². The Morgan fingerprint density at radius 3 is 2.44 bits per heavy atom. The van der Waals surface area contributed by atoms with Gasteiger partial charge in [-0.1, -0.05) is 30.1 Å². The molecule has 0 radical (unpaired) electrons. The van der Waals surface area contributed by atoms with Gasteiger partial charge in [0, 0.05) is 23.0 Å². The number of benzene rings is 1. The minimum absolute atomic E-state index is 0.624. The van der Waals surface area contributed by atoms with Crippen LogP contribution < -0.4 is 0 Å². The minimum atomic E-state index is 0.624. The third kappa shape index (κ3) is 2.04. The van der Waals surface area contributed by atoms with E-state index in [4.69, 9.17) is 23.2 Å². The van der Waals surface area contributed by atoms with Crippen LogP contribution in [0.15, 0.2) is 30.6 Å². The Bertz CT molecular complexity index is 498. The highest BCUT2D eigenvalue weighted by Gasteiger charge is 2.11. The van der Waals surface area contributed by atoms with E-state index in [1.165, 1.54) is 0 Å². The maximum absolute atomic E-state index is 6.28. The maximum atomic E-state index is 6.28. The molecule has 1 aromatic heterocycles. The summed E-state index contributed by atoms with van der Waals surface area (Å²) in [5.74, 6) is 0.624. The molecule has 0 spiro atoms. The second kappa shape index (κ2) is 4.81. The van der Waals surface area contributed by atoms with Gasteiger partial charge in [0.2, 0.25) is 0 Å². The summed E-state index contributed by atoms with van der Waals surface area (Å²) in [4.78, 5) is 8.35. The molecular formula is C12H10Cl2N2. The van der Waals surface area contributed by atoms with Crippen molar-refractivity contribution in [3.05, 3.63) is 46.2 Å². The van der Waals surface area contributed by atoms with Gasteiger partial charge in [0.15, 0.2) is 5.82 Å². The van der Waals surface area contributed by atoms with Crippen LogP contribution in [0.25, 0.3) is 11.4 Å². The summed E-state index contributed by atoms with van der Waals surface area (Å²) in [6.45, 7) is 2.02. The predicted molar refractivity (Wildman–Crippen MR) is 66.9 cm³/mol. The van der Waals surface area contributed by atoms with Crippen molar-refractivity contribution in [2.24, 2.45) is 0 Å². The second-order valence-corrected chi connectivity index (χ2v) is 4.10. The maximum Gasteiger partial charge on any atom is 0.160 e. The van der Waals surface area contributed by atoms with Gasteiger partial charge in [0.25, 0.3) is 0 Å². The van der Waals surface area contributed by atoms with Crippen molar-refractivity contribution < 1.29 is 0 Å². The smallest absolute Gasteiger partial charge is 0.160 e. The van der Waals surface area contributed by atoms with E-state index in [0.717, 1.165) is 17.5 Å². The number of hydrogen-bond donors (Lipinski definition) is 0. The third-order valence-electron chi connectivity index (χ3n) is 2.35. The first kappa shape index (κ1) is 11.4. The number of halogens is 2. The highest BCUT2D eigenvalue weighted by Crippen LogP contribution is 2.33. The molecule has 2 rings (SSSR count). The molecular weight excluding hydrogens is 243 g/mol. The first-order chi connectivity index (χ1) is 7.74. The van der Waals surface area contributed by atoms with Crippen molar-refractivity contribution >= 4 is 23.2 Å². The van der Waals surface area contributed by atoms with E-state index in [1.54, 1.807) is 18.5 Å². The molecule has 0 aliphatic heterocycles. The Morgan fingerprint density at radius 1 is 1.12 bits per heavy atom. The van der Waals surface area contributed by atoms with E-state index in [2.05, 4.69) is 9.97 Å². The first-order valence-corrected chi connectivity index (χ1v) is 5.74. The van der Waals surface area contributed by atoms with Gasteiger partial charge in [0.1, 0.15) is 0 Å². The summed E-state index contributed by atoms with van der Waals surface area (Å²) in [6, 6.07) is 5.45. The van der Waals surface area contributed by atoms with Gasteiger partial charge in [-0.05, 0) is 30.2 Å². The van der Waals surface area contributed by atoms with E-state index in [9.17, 15) is 0 Å².